The van der Waals surface area contributed by atoms with E-state index in [-0.39, 0.29) is 17.5 Å². The van der Waals surface area contributed by atoms with Crippen LogP contribution in [0.1, 0.15) is 50.7 Å². The van der Waals surface area contributed by atoms with Crippen LogP contribution in [0, 0.1) is 6.92 Å². The van der Waals surface area contributed by atoms with E-state index in [0.29, 0.717) is 12.1 Å². The molecule has 130 valence electrons. The van der Waals surface area contributed by atoms with Gasteiger partial charge in [0.15, 0.2) is 0 Å². The van der Waals surface area contributed by atoms with Crippen LogP contribution < -0.4 is 4.74 Å². The number of aromatic carboxylic acids is 1. The topological polar surface area (TPSA) is 66.8 Å². The van der Waals surface area contributed by atoms with Crippen LogP contribution in [0.5, 0.6) is 5.75 Å². The minimum atomic E-state index is -1.02. The van der Waals surface area contributed by atoms with Gasteiger partial charge in [0.25, 0.3) is 5.91 Å². The summed E-state index contributed by atoms with van der Waals surface area (Å²) >= 11 is 0. The van der Waals surface area contributed by atoms with E-state index in [9.17, 15) is 14.7 Å². The van der Waals surface area contributed by atoms with Crippen LogP contribution in [0.25, 0.3) is 0 Å². The summed E-state index contributed by atoms with van der Waals surface area (Å²) in [5, 5.41) is 9.22. The lowest BCUT2D eigenvalue weighted by atomic mass is 10.0. The molecule has 0 spiro atoms. The molecule has 1 amide bonds. The van der Waals surface area contributed by atoms with Crippen molar-refractivity contribution in [3.8, 4) is 5.75 Å². The minimum Gasteiger partial charge on any atom is -0.497 e. The molecule has 0 aromatic heterocycles. The highest BCUT2D eigenvalue weighted by molar-refractivity contribution is 5.98. The van der Waals surface area contributed by atoms with E-state index in [1.807, 2.05) is 29.2 Å². The lowest BCUT2D eigenvalue weighted by Gasteiger charge is -2.25. The maximum Gasteiger partial charge on any atom is 0.335 e. The quantitative estimate of drug-likeness (QED) is 0.923. The molecule has 25 heavy (non-hydrogen) atoms. The Kier molecular flexibility index (Phi) is 4.74. The van der Waals surface area contributed by atoms with Gasteiger partial charge in [-0.2, -0.15) is 0 Å². The number of ether oxygens (including phenoxy) is 1. The molecule has 3 rings (SSSR count). The first-order chi connectivity index (χ1) is 12.0. The Morgan fingerprint density at radius 2 is 1.80 bits per heavy atom. The van der Waals surface area contributed by atoms with Gasteiger partial charge in [0.1, 0.15) is 5.75 Å². The molecule has 0 bridgehead atoms. The fourth-order valence-electron chi connectivity index (χ4n) is 3.38. The number of carbonyl (C=O) groups excluding carboxylic acids is 1. The Morgan fingerprint density at radius 3 is 2.44 bits per heavy atom. The zero-order valence-electron chi connectivity index (χ0n) is 14.4. The van der Waals surface area contributed by atoms with Crippen LogP contribution in [0.15, 0.2) is 42.5 Å². The molecule has 2 aromatic carbocycles. The normalized spacial score (nSPS) is 16.7. The van der Waals surface area contributed by atoms with Gasteiger partial charge in [-0.3, -0.25) is 4.79 Å². The van der Waals surface area contributed by atoms with Crippen molar-refractivity contribution in [3.05, 3.63) is 64.7 Å². The molecule has 2 aromatic rings. The summed E-state index contributed by atoms with van der Waals surface area (Å²) in [6.07, 6.45) is 1.83. The van der Waals surface area contributed by atoms with Crippen molar-refractivity contribution >= 4 is 11.9 Å². The Morgan fingerprint density at radius 1 is 1.12 bits per heavy atom. The molecule has 1 aliphatic heterocycles. The third kappa shape index (κ3) is 3.50. The predicted molar refractivity (Wildman–Crippen MR) is 94.1 cm³/mol. The first-order valence-corrected chi connectivity index (χ1v) is 8.29. The van der Waals surface area contributed by atoms with Crippen LogP contribution >= 0.6 is 0 Å². The standard InChI is InChI=1S/C20H21NO4/c1-13-10-15(12-16(11-13)20(23)24)19(22)21-9-3-4-18(21)14-5-7-17(25-2)8-6-14/h5-8,10-12,18H,3-4,9H2,1-2H3,(H,23,24). The Hall–Kier alpha value is -2.82. The number of hydrogen-bond acceptors (Lipinski definition) is 3. The molecule has 1 aliphatic rings. The van der Waals surface area contributed by atoms with Gasteiger partial charge in [0.05, 0.1) is 18.7 Å². The molecule has 1 fully saturated rings. The first kappa shape index (κ1) is 17.0. The number of likely N-dealkylation sites (tertiary alicyclic amines) is 1. The Balaban J connectivity index is 1.89. The maximum atomic E-state index is 13.0. The summed E-state index contributed by atoms with van der Waals surface area (Å²) in [6.45, 7) is 2.47. The number of nitrogens with zero attached hydrogens (tertiary/aromatic N) is 1. The van der Waals surface area contributed by atoms with E-state index in [1.165, 1.54) is 6.07 Å². The van der Waals surface area contributed by atoms with Crippen LogP contribution in [-0.2, 0) is 0 Å². The van der Waals surface area contributed by atoms with Crippen molar-refractivity contribution in [2.75, 3.05) is 13.7 Å². The van der Waals surface area contributed by atoms with Gasteiger partial charge < -0.3 is 14.7 Å². The number of carboxylic acids is 1. The molecule has 0 saturated carbocycles. The Bertz CT molecular complexity index is 798. The van der Waals surface area contributed by atoms with E-state index >= 15 is 0 Å². The first-order valence-electron chi connectivity index (χ1n) is 8.29. The average molecular weight is 339 g/mol. The van der Waals surface area contributed by atoms with Gasteiger partial charge in [0, 0.05) is 12.1 Å². The number of carbonyl (C=O) groups is 2. The van der Waals surface area contributed by atoms with Crippen molar-refractivity contribution in [3.63, 3.8) is 0 Å². The van der Waals surface area contributed by atoms with Crippen molar-refractivity contribution in [2.24, 2.45) is 0 Å². The van der Waals surface area contributed by atoms with Gasteiger partial charge in [0.2, 0.25) is 0 Å². The van der Waals surface area contributed by atoms with E-state index < -0.39 is 5.97 Å². The zero-order valence-corrected chi connectivity index (χ0v) is 14.4. The van der Waals surface area contributed by atoms with E-state index in [1.54, 1.807) is 26.2 Å². The van der Waals surface area contributed by atoms with Gasteiger partial charge in [-0.05, 0) is 61.2 Å². The van der Waals surface area contributed by atoms with Gasteiger partial charge in [-0.15, -0.1) is 0 Å². The lowest BCUT2D eigenvalue weighted by molar-refractivity contribution is 0.0696. The highest BCUT2D eigenvalue weighted by atomic mass is 16.5. The fourth-order valence-corrected chi connectivity index (χ4v) is 3.38. The molecule has 1 N–H and O–H groups in total. The minimum absolute atomic E-state index is 0.00666. The molecule has 0 aliphatic carbocycles. The van der Waals surface area contributed by atoms with E-state index in [0.717, 1.165) is 29.7 Å². The highest BCUT2D eigenvalue weighted by Crippen LogP contribution is 2.34. The second-order valence-corrected chi connectivity index (χ2v) is 6.32. The number of benzene rings is 2. The summed E-state index contributed by atoms with van der Waals surface area (Å²) in [5.41, 5.74) is 2.41. The molecule has 5 nitrogen and oxygen atoms in total. The lowest BCUT2D eigenvalue weighted by Crippen LogP contribution is -2.30. The molecule has 1 heterocycles. The second-order valence-electron chi connectivity index (χ2n) is 6.32. The molecule has 1 unspecified atom stereocenters. The fraction of sp³-hybridized carbons (Fsp3) is 0.300. The molecule has 1 atom stereocenters. The van der Waals surface area contributed by atoms with Crippen LogP contribution in [-0.4, -0.2) is 35.5 Å². The highest BCUT2D eigenvalue weighted by Gasteiger charge is 2.31. The predicted octanol–water partition coefficient (Wildman–Crippen LogP) is 3.68. The number of methoxy groups -OCH3 is 1. The zero-order chi connectivity index (χ0) is 18.0. The van der Waals surface area contributed by atoms with Crippen LogP contribution in [0.3, 0.4) is 0 Å². The van der Waals surface area contributed by atoms with Gasteiger partial charge in [-0.25, -0.2) is 4.79 Å². The Labute approximate surface area is 146 Å². The summed E-state index contributed by atoms with van der Waals surface area (Å²) in [5.74, 6) is -0.361. The number of hydrogen-bond donors (Lipinski definition) is 1. The number of aryl methyl sites for hydroxylation is 1. The summed E-state index contributed by atoms with van der Waals surface area (Å²) < 4.78 is 5.19. The SMILES string of the molecule is COc1ccc(C2CCCN2C(=O)c2cc(C)cc(C(=O)O)c2)cc1. The smallest absolute Gasteiger partial charge is 0.335 e. The number of carboxylic acid groups (broad SMARTS) is 1. The van der Waals surface area contributed by atoms with Crippen molar-refractivity contribution in [2.45, 2.75) is 25.8 Å². The second kappa shape index (κ2) is 6.97. The number of amides is 1. The molecule has 5 heteroatoms. The maximum absolute atomic E-state index is 13.0. The van der Waals surface area contributed by atoms with Crippen molar-refractivity contribution < 1.29 is 19.4 Å². The van der Waals surface area contributed by atoms with Gasteiger partial charge in [-0.1, -0.05) is 12.1 Å². The van der Waals surface area contributed by atoms with Crippen LogP contribution in [0.2, 0.25) is 0 Å². The molecular weight excluding hydrogens is 318 g/mol. The largest absolute Gasteiger partial charge is 0.497 e. The van der Waals surface area contributed by atoms with E-state index in [2.05, 4.69) is 0 Å². The van der Waals surface area contributed by atoms with Crippen LogP contribution in [0.4, 0.5) is 0 Å². The van der Waals surface area contributed by atoms with E-state index in [4.69, 9.17) is 4.74 Å². The van der Waals surface area contributed by atoms with Crippen molar-refractivity contribution in [1.29, 1.82) is 0 Å². The third-order valence-electron chi connectivity index (χ3n) is 4.59. The molecule has 0 radical (unpaired) electrons. The summed E-state index contributed by atoms with van der Waals surface area (Å²) in [4.78, 5) is 26.1. The summed E-state index contributed by atoms with van der Waals surface area (Å²) in [7, 11) is 1.62. The monoisotopic (exact) mass is 339 g/mol. The number of rotatable bonds is 4. The van der Waals surface area contributed by atoms with Crippen molar-refractivity contribution in [1.82, 2.24) is 4.90 Å². The summed E-state index contributed by atoms with van der Waals surface area (Å²) in [6, 6.07) is 12.5. The molecule has 1 saturated heterocycles. The molecular formula is C20H21NO4. The van der Waals surface area contributed by atoms with Gasteiger partial charge >= 0.3 is 5.97 Å². The average Bonchev–Trinajstić information content (AvgIpc) is 3.10. The third-order valence-corrected chi connectivity index (χ3v) is 4.59.